The lowest BCUT2D eigenvalue weighted by Crippen LogP contribution is -3.00. The molecule has 0 fully saturated rings. The Morgan fingerprint density at radius 1 is 1.06 bits per heavy atom. The number of nitrogens with zero attached hydrogens (tertiary/aromatic N) is 2. The molecular formula is C14H13IN2. The van der Waals surface area contributed by atoms with Crippen LogP contribution in [0.5, 0.6) is 0 Å². The van der Waals surface area contributed by atoms with E-state index in [0.717, 1.165) is 17.7 Å². The molecule has 2 nitrogen and oxygen atoms in total. The summed E-state index contributed by atoms with van der Waals surface area (Å²) in [6.45, 7) is 3.08. The quantitative estimate of drug-likeness (QED) is 0.339. The van der Waals surface area contributed by atoms with Crippen molar-refractivity contribution in [1.82, 2.24) is 4.98 Å². The Labute approximate surface area is 117 Å². The van der Waals surface area contributed by atoms with E-state index in [1.54, 1.807) is 0 Å². The van der Waals surface area contributed by atoms with Gasteiger partial charge in [-0.3, -0.25) is 0 Å². The van der Waals surface area contributed by atoms with Gasteiger partial charge in [0.15, 0.2) is 5.52 Å². The van der Waals surface area contributed by atoms with Gasteiger partial charge in [-0.25, -0.2) is 4.57 Å². The van der Waals surface area contributed by atoms with Gasteiger partial charge in [-0.05, 0) is 36.2 Å². The molecule has 2 aromatic heterocycles. The maximum atomic E-state index is 4.71. The molecule has 3 aromatic rings. The van der Waals surface area contributed by atoms with Crippen molar-refractivity contribution in [2.45, 2.75) is 13.5 Å². The van der Waals surface area contributed by atoms with E-state index in [1.165, 1.54) is 10.8 Å². The molecule has 0 N–H and O–H groups in total. The molecule has 3 rings (SSSR count). The largest absolute Gasteiger partial charge is 1.00 e. The molecule has 0 amide bonds. The van der Waals surface area contributed by atoms with Gasteiger partial charge in [0.05, 0.1) is 18.1 Å². The molecule has 0 unspecified atom stereocenters. The van der Waals surface area contributed by atoms with E-state index in [4.69, 9.17) is 4.98 Å². The van der Waals surface area contributed by atoms with Gasteiger partial charge in [0.2, 0.25) is 0 Å². The van der Waals surface area contributed by atoms with Crippen LogP contribution in [-0.2, 0) is 6.54 Å². The SMILES string of the molecule is CC[n+]1cccc2cc3ccccc3nc21.[I-]. The molecule has 0 radical (unpaired) electrons. The Kier molecular flexibility index (Phi) is 3.57. The summed E-state index contributed by atoms with van der Waals surface area (Å²) in [4.78, 5) is 4.71. The van der Waals surface area contributed by atoms with Gasteiger partial charge in [-0.15, -0.1) is 0 Å². The summed E-state index contributed by atoms with van der Waals surface area (Å²) >= 11 is 0. The van der Waals surface area contributed by atoms with E-state index < -0.39 is 0 Å². The Bertz CT molecular complexity index is 664. The summed E-state index contributed by atoms with van der Waals surface area (Å²) < 4.78 is 2.17. The van der Waals surface area contributed by atoms with Crippen LogP contribution in [-0.4, -0.2) is 4.98 Å². The van der Waals surface area contributed by atoms with Crippen LogP contribution in [0.3, 0.4) is 0 Å². The average molecular weight is 336 g/mol. The lowest BCUT2D eigenvalue weighted by atomic mass is 10.2. The maximum absolute atomic E-state index is 4.71. The number of pyridine rings is 2. The monoisotopic (exact) mass is 336 g/mol. The Hall–Kier alpha value is -1.23. The van der Waals surface area contributed by atoms with Gasteiger partial charge in [0, 0.05) is 5.39 Å². The van der Waals surface area contributed by atoms with Crippen molar-refractivity contribution in [3.8, 4) is 0 Å². The van der Waals surface area contributed by atoms with Crippen molar-refractivity contribution >= 4 is 21.9 Å². The molecular weight excluding hydrogens is 323 g/mol. The zero-order chi connectivity index (χ0) is 11.0. The number of hydrogen-bond acceptors (Lipinski definition) is 1. The normalized spacial score (nSPS) is 10.4. The van der Waals surface area contributed by atoms with Gasteiger partial charge in [-0.2, -0.15) is 0 Å². The minimum Gasteiger partial charge on any atom is -1.00 e. The van der Waals surface area contributed by atoms with Crippen molar-refractivity contribution in [2.24, 2.45) is 0 Å². The highest BCUT2D eigenvalue weighted by Gasteiger charge is 2.10. The Morgan fingerprint density at radius 2 is 1.82 bits per heavy atom. The van der Waals surface area contributed by atoms with Crippen molar-refractivity contribution in [1.29, 1.82) is 0 Å². The molecule has 0 aliphatic rings. The lowest BCUT2D eigenvalue weighted by molar-refractivity contribution is -0.669. The predicted octanol–water partition coefficient (Wildman–Crippen LogP) is -0.301. The van der Waals surface area contributed by atoms with Crippen LogP contribution in [0, 0.1) is 0 Å². The Balaban J connectivity index is 0.00000108. The van der Waals surface area contributed by atoms with Crippen LogP contribution >= 0.6 is 0 Å². The molecule has 1 aromatic carbocycles. The average Bonchev–Trinajstić information content (AvgIpc) is 2.35. The van der Waals surface area contributed by atoms with Crippen molar-refractivity contribution in [3.05, 3.63) is 48.7 Å². The van der Waals surface area contributed by atoms with Crippen LogP contribution in [0.15, 0.2) is 48.7 Å². The first kappa shape index (κ1) is 12.2. The first-order chi connectivity index (χ1) is 7.88. The van der Waals surface area contributed by atoms with Gasteiger partial charge < -0.3 is 24.0 Å². The topological polar surface area (TPSA) is 16.8 Å². The van der Waals surface area contributed by atoms with E-state index in [-0.39, 0.29) is 24.0 Å². The molecule has 0 spiro atoms. The molecule has 0 aliphatic heterocycles. The minimum atomic E-state index is 0. The molecule has 0 aliphatic carbocycles. The summed E-state index contributed by atoms with van der Waals surface area (Å²) in [5.41, 5.74) is 2.12. The van der Waals surface area contributed by atoms with Crippen LogP contribution < -0.4 is 28.5 Å². The van der Waals surface area contributed by atoms with Crippen molar-refractivity contribution < 1.29 is 28.5 Å². The number of para-hydroxylation sites is 1. The van der Waals surface area contributed by atoms with E-state index in [1.807, 2.05) is 12.1 Å². The standard InChI is InChI=1S/C14H13N2.HI/c1-2-16-9-5-7-12-10-11-6-3-4-8-13(11)15-14(12)16;/h3-10H,2H2,1H3;1H/q+1;/p-1. The summed E-state index contributed by atoms with van der Waals surface area (Å²) in [5.74, 6) is 0. The van der Waals surface area contributed by atoms with E-state index in [2.05, 4.69) is 48.0 Å². The van der Waals surface area contributed by atoms with Gasteiger partial charge in [0.1, 0.15) is 0 Å². The van der Waals surface area contributed by atoms with E-state index >= 15 is 0 Å². The highest BCUT2D eigenvalue weighted by molar-refractivity contribution is 5.89. The molecule has 0 atom stereocenters. The highest BCUT2D eigenvalue weighted by atomic mass is 127. The number of aryl methyl sites for hydroxylation is 1. The fourth-order valence-electron chi connectivity index (χ4n) is 2.05. The Morgan fingerprint density at radius 3 is 2.65 bits per heavy atom. The number of hydrogen-bond donors (Lipinski definition) is 0. The second-order valence-corrected chi connectivity index (χ2v) is 3.89. The van der Waals surface area contributed by atoms with Crippen LogP contribution in [0.4, 0.5) is 0 Å². The van der Waals surface area contributed by atoms with E-state index in [9.17, 15) is 0 Å². The van der Waals surface area contributed by atoms with E-state index in [0.29, 0.717) is 0 Å². The van der Waals surface area contributed by atoms with Gasteiger partial charge in [-0.1, -0.05) is 18.2 Å². The molecule has 2 heterocycles. The molecule has 0 saturated carbocycles. The third-order valence-electron chi connectivity index (χ3n) is 2.89. The number of halogens is 1. The zero-order valence-electron chi connectivity index (χ0n) is 9.60. The third-order valence-corrected chi connectivity index (χ3v) is 2.89. The van der Waals surface area contributed by atoms with Crippen molar-refractivity contribution in [3.63, 3.8) is 0 Å². The summed E-state index contributed by atoms with van der Waals surface area (Å²) in [7, 11) is 0. The van der Waals surface area contributed by atoms with Crippen molar-refractivity contribution in [2.75, 3.05) is 0 Å². The summed E-state index contributed by atoms with van der Waals surface area (Å²) in [6.07, 6.45) is 2.07. The second kappa shape index (κ2) is 4.96. The smallest absolute Gasteiger partial charge is 0.330 e. The van der Waals surface area contributed by atoms with Crippen LogP contribution in [0.2, 0.25) is 0 Å². The molecule has 86 valence electrons. The summed E-state index contributed by atoms with van der Waals surface area (Å²) in [5, 5.41) is 2.40. The molecule has 0 bridgehead atoms. The third kappa shape index (κ3) is 2.11. The number of aromatic nitrogens is 2. The zero-order valence-corrected chi connectivity index (χ0v) is 11.8. The predicted molar refractivity (Wildman–Crippen MR) is 65.1 cm³/mol. The fraction of sp³-hybridized carbons (Fsp3) is 0.143. The summed E-state index contributed by atoms with van der Waals surface area (Å²) in [6, 6.07) is 14.6. The highest BCUT2D eigenvalue weighted by Crippen LogP contribution is 2.16. The minimum absolute atomic E-state index is 0. The molecule has 17 heavy (non-hydrogen) atoms. The number of rotatable bonds is 1. The van der Waals surface area contributed by atoms with Gasteiger partial charge >= 0.3 is 5.65 Å². The first-order valence-electron chi connectivity index (χ1n) is 5.56. The fourth-order valence-corrected chi connectivity index (χ4v) is 2.05. The van der Waals surface area contributed by atoms with Crippen LogP contribution in [0.1, 0.15) is 6.92 Å². The molecule has 3 heteroatoms. The second-order valence-electron chi connectivity index (χ2n) is 3.89. The number of benzene rings is 1. The lowest BCUT2D eigenvalue weighted by Gasteiger charge is -1.99. The van der Waals surface area contributed by atoms with Crippen LogP contribution in [0.25, 0.3) is 21.9 Å². The number of fused-ring (bicyclic) bond motifs is 2. The first-order valence-corrected chi connectivity index (χ1v) is 5.56. The maximum Gasteiger partial charge on any atom is 0.330 e. The molecule has 0 saturated heterocycles. The van der Waals surface area contributed by atoms with Gasteiger partial charge in [0.25, 0.3) is 0 Å².